The molecule has 0 spiro atoms. The fraction of sp³-hybridized carbons (Fsp3) is 0.500. The van der Waals surface area contributed by atoms with Gasteiger partial charge in [-0.2, -0.15) is 18.3 Å². The summed E-state index contributed by atoms with van der Waals surface area (Å²) in [4.78, 5) is 0. The second kappa shape index (κ2) is 2.69. The van der Waals surface area contributed by atoms with Crippen LogP contribution in [-0.4, -0.2) is 16.8 Å². The van der Waals surface area contributed by atoms with Crippen LogP contribution >= 0.6 is 0 Å². The van der Waals surface area contributed by atoms with Crippen LogP contribution in [0.4, 0.5) is 19.0 Å². The van der Waals surface area contributed by atoms with Crippen molar-refractivity contribution < 1.29 is 13.2 Å². The minimum absolute atomic E-state index is 0.213. The first kappa shape index (κ1) is 8.89. The maximum Gasteiger partial charge on any atom is 0.433 e. The molecule has 0 unspecified atom stereocenters. The van der Waals surface area contributed by atoms with Gasteiger partial charge in [-0.3, -0.25) is 4.68 Å². The van der Waals surface area contributed by atoms with Gasteiger partial charge in [0.05, 0.1) is 0 Å². The number of nitrogens with one attached hydrogen (secondary N) is 1. The zero-order valence-electron chi connectivity index (χ0n) is 6.61. The Hall–Kier alpha value is -1.20. The van der Waals surface area contributed by atoms with Gasteiger partial charge >= 0.3 is 6.18 Å². The summed E-state index contributed by atoms with van der Waals surface area (Å²) in [5, 5.41) is 6.11. The molecular formula is C6H8F3N3. The zero-order chi connectivity index (χ0) is 9.35. The van der Waals surface area contributed by atoms with E-state index in [2.05, 4.69) is 10.4 Å². The first-order valence-corrected chi connectivity index (χ1v) is 3.24. The van der Waals surface area contributed by atoms with Crippen molar-refractivity contribution in [3.63, 3.8) is 0 Å². The minimum atomic E-state index is -4.34. The molecule has 1 N–H and O–H groups in total. The highest BCUT2D eigenvalue weighted by Crippen LogP contribution is 2.29. The van der Waals surface area contributed by atoms with Crippen LogP contribution in [0.3, 0.4) is 0 Å². The number of aromatic nitrogens is 2. The van der Waals surface area contributed by atoms with E-state index in [9.17, 15) is 13.2 Å². The Morgan fingerprint density at radius 1 is 1.50 bits per heavy atom. The van der Waals surface area contributed by atoms with E-state index in [-0.39, 0.29) is 5.82 Å². The van der Waals surface area contributed by atoms with Gasteiger partial charge in [-0.1, -0.05) is 0 Å². The number of nitrogens with zero attached hydrogens (tertiary/aromatic N) is 2. The van der Waals surface area contributed by atoms with E-state index < -0.39 is 11.9 Å². The van der Waals surface area contributed by atoms with Crippen LogP contribution in [0.25, 0.3) is 0 Å². The van der Waals surface area contributed by atoms with Gasteiger partial charge in [0.25, 0.3) is 0 Å². The molecule has 0 aliphatic carbocycles. The summed E-state index contributed by atoms with van der Waals surface area (Å²) >= 11 is 0. The highest BCUT2D eigenvalue weighted by Gasteiger charge is 2.34. The van der Waals surface area contributed by atoms with Crippen molar-refractivity contribution in [1.29, 1.82) is 0 Å². The summed E-state index contributed by atoms with van der Waals surface area (Å²) in [5.74, 6) is 0.213. The highest BCUT2D eigenvalue weighted by atomic mass is 19.4. The normalized spacial score (nSPS) is 11.8. The monoisotopic (exact) mass is 179 g/mol. The maximum atomic E-state index is 12.1. The fourth-order valence-corrected chi connectivity index (χ4v) is 0.855. The van der Waals surface area contributed by atoms with E-state index in [1.165, 1.54) is 14.1 Å². The molecule has 0 saturated carbocycles. The van der Waals surface area contributed by atoms with Gasteiger partial charge in [0, 0.05) is 20.2 Å². The summed E-state index contributed by atoms with van der Waals surface area (Å²) < 4.78 is 37.1. The number of hydrogen-bond acceptors (Lipinski definition) is 2. The minimum Gasteiger partial charge on any atom is -0.372 e. The van der Waals surface area contributed by atoms with E-state index in [0.29, 0.717) is 0 Å². The molecule has 1 heterocycles. The molecular weight excluding hydrogens is 171 g/mol. The van der Waals surface area contributed by atoms with E-state index in [4.69, 9.17) is 0 Å². The van der Waals surface area contributed by atoms with E-state index in [0.717, 1.165) is 10.7 Å². The molecule has 3 nitrogen and oxygen atoms in total. The molecule has 0 aliphatic rings. The van der Waals surface area contributed by atoms with Gasteiger partial charge in [-0.25, -0.2) is 0 Å². The van der Waals surface area contributed by atoms with Gasteiger partial charge in [-0.15, -0.1) is 0 Å². The van der Waals surface area contributed by atoms with Gasteiger partial charge in [-0.05, 0) is 0 Å². The van der Waals surface area contributed by atoms with Crippen molar-refractivity contribution in [2.75, 3.05) is 12.4 Å². The summed E-state index contributed by atoms with van der Waals surface area (Å²) in [6.45, 7) is 0. The van der Waals surface area contributed by atoms with Crippen LogP contribution in [0, 0.1) is 0 Å². The van der Waals surface area contributed by atoms with Crippen LogP contribution in [0.1, 0.15) is 5.69 Å². The third-order valence-corrected chi connectivity index (χ3v) is 1.43. The third kappa shape index (κ3) is 1.51. The van der Waals surface area contributed by atoms with Crippen LogP contribution in [-0.2, 0) is 13.2 Å². The molecule has 68 valence electrons. The second-order valence-corrected chi connectivity index (χ2v) is 2.29. The summed E-state index contributed by atoms with van der Waals surface area (Å²) in [7, 11) is 2.77. The first-order valence-electron chi connectivity index (χ1n) is 3.24. The van der Waals surface area contributed by atoms with Gasteiger partial charge in [0.15, 0.2) is 0 Å². The van der Waals surface area contributed by atoms with Crippen molar-refractivity contribution in [1.82, 2.24) is 9.78 Å². The Bertz CT molecular complexity index is 276. The molecule has 0 atom stereocenters. The lowest BCUT2D eigenvalue weighted by Gasteiger charge is -2.04. The molecule has 0 radical (unpaired) electrons. The van der Waals surface area contributed by atoms with E-state index >= 15 is 0 Å². The Kier molecular flexibility index (Phi) is 1.99. The van der Waals surface area contributed by atoms with E-state index in [1.807, 2.05) is 0 Å². The summed E-state index contributed by atoms with van der Waals surface area (Å²) in [5.41, 5.74) is -0.758. The predicted molar refractivity (Wildman–Crippen MR) is 37.8 cm³/mol. The molecule has 1 aromatic heterocycles. The first-order chi connectivity index (χ1) is 5.45. The molecule has 0 bridgehead atoms. The lowest BCUT2D eigenvalue weighted by Crippen LogP contribution is -2.11. The second-order valence-electron chi connectivity index (χ2n) is 2.29. The quantitative estimate of drug-likeness (QED) is 0.707. The number of anilines is 1. The molecule has 6 heteroatoms. The maximum absolute atomic E-state index is 12.1. The lowest BCUT2D eigenvalue weighted by molar-refractivity contribution is -0.143. The smallest absolute Gasteiger partial charge is 0.372 e. The Balaban J connectivity index is 3.08. The predicted octanol–water partition coefficient (Wildman–Crippen LogP) is 1.48. The lowest BCUT2D eigenvalue weighted by atomic mass is 10.4. The van der Waals surface area contributed by atoms with Crippen LogP contribution in [0.2, 0.25) is 0 Å². The average Bonchev–Trinajstić information content (AvgIpc) is 2.29. The number of rotatable bonds is 1. The van der Waals surface area contributed by atoms with E-state index in [1.54, 1.807) is 0 Å². The summed E-state index contributed by atoms with van der Waals surface area (Å²) in [6.07, 6.45) is -4.34. The average molecular weight is 179 g/mol. The SMILES string of the molecule is CNc1cc(C(F)(F)F)n(C)n1. The number of alkyl halides is 3. The molecule has 0 aromatic carbocycles. The standard InChI is InChI=1S/C6H8F3N3/c1-10-5-3-4(6(7,8)9)12(2)11-5/h3H,1-2H3,(H,10,11). The van der Waals surface area contributed by atoms with Crippen molar-refractivity contribution in [2.24, 2.45) is 7.05 Å². The molecule has 0 saturated heterocycles. The largest absolute Gasteiger partial charge is 0.433 e. The molecule has 0 amide bonds. The van der Waals surface area contributed by atoms with Gasteiger partial charge < -0.3 is 5.32 Å². The Labute approximate surface area is 67.2 Å². The Morgan fingerprint density at radius 2 is 2.08 bits per heavy atom. The molecule has 0 fully saturated rings. The number of hydrogen-bond donors (Lipinski definition) is 1. The van der Waals surface area contributed by atoms with Crippen molar-refractivity contribution in [3.05, 3.63) is 11.8 Å². The van der Waals surface area contributed by atoms with Crippen LogP contribution < -0.4 is 5.32 Å². The molecule has 1 aromatic rings. The molecule has 12 heavy (non-hydrogen) atoms. The zero-order valence-corrected chi connectivity index (χ0v) is 6.61. The Morgan fingerprint density at radius 3 is 2.33 bits per heavy atom. The highest BCUT2D eigenvalue weighted by molar-refractivity contribution is 5.35. The van der Waals surface area contributed by atoms with Gasteiger partial charge in [0.1, 0.15) is 11.5 Å². The number of aryl methyl sites for hydroxylation is 1. The van der Waals surface area contributed by atoms with Gasteiger partial charge in [0.2, 0.25) is 0 Å². The van der Waals surface area contributed by atoms with Crippen molar-refractivity contribution in [3.8, 4) is 0 Å². The van der Waals surface area contributed by atoms with Crippen molar-refractivity contribution >= 4 is 5.82 Å². The number of halogens is 3. The third-order valence-electron chi connectivity index (χ3n) is 1.43. The van der Waals surface area contributed by atoms with Crippen LogP contribution in [0.15, 0.2) is 6.07 Å². The summed E-state index contributed by atoms with van der Waals surface area (Å²) in [6, 6.07) is 0.958. The fourth-order valence-electron chi connectivity index (χ4n) is 0.855. The van der Waals surface area contributed by atoms with Crippen LogP contribution in [0.5, 0.6) is 0 Å². The van der Waals surface area contributed by atoms with Crippen molar-refractivity contribution in [2.45, 2.75) is 6.18 Å². The molecule has 1 rings (SSSR count). The molecule has 0 aliphatic heterocycles. The topological polar surface area (TPSA) is 29.9 Å².